The zero-order valence-corrected chi connectivity index (χ0v) is 18.0. The fourth-order valence-electron chi connectivity index (χ4n) is 3.50. The largest absolute Gasteiger partial charge is 0.349 e. The quantitative estimate of drug-likeness (QED) is 0.432. The van der Waals surface area contributed by atoms with Gasteiger partial charge in [0.15, 0.2) is 0 Å². The molecule has 0 bridgehead atoms. The lowest BCUT2D eigenvalue weighted by atomic mass is 9.99. The minimum atomic E-state index is -0.0534. The van der Waals surface area contributed by atoms with Crippen molar-refractivity contribution in [2.24, 2.45) is 5.92 Å². The van der Waals surface area contributed by atoms with Gasteiger partial charge in [-0.15, -0.1) is 0 Å². The topological polar surface area (TPSA) is 64.6 Å². The van der Waals surface area contributed by atoms with Gasteiger partial charge in [-0.25, -0.2) is 4.98 Å². The predicted octanol–water partition coefficient (Wildman–Crippen LogP) is 6.50. The highest BCUT2D eigenvalue weighted by molar-refractivity contribution is 8.12. The average Bonchev–Trinajstić information content (AvgIpc) is 3.44. The van der Waals surface area contributed by atoms with Crippen LogP contribution in [0.4, 0.5) is 0 Å². The normalized spacial score (nSPS) is 19.3. The summed E-state index contributed by atoms with van der Waals surface area (Å²) in [5.74, 6) is 0.751. The van der Waals surface area contributed by atoms with Gasteiger partial charge < -0.3 is 15.7 Å². The third-order valence-electron chi connectivity index (χ3n) is 5.09. The summed E-state index contributed by atoms with van der Waals surface area (Å²) in [7, 11) is 0. The molecule has 2 aliphatic rings. The SMILES string of the molecule is N=C1C=CC=CC1C=C1NC(c2ccc(Cl)cc2)=C(c2ncc(-c3ccccc3)[nH]2)S1. The predicted molar refractivity (Wildman–Crippen MR) is 131 cm³/mol. The second-order valence-corrected chi connectivity index (χ2v) is 8.69. The fourth-order valence-corrected chi connectivity index (χ4v) is 4.68. The van der Waals surface area contributed by atoms with Crippen LogP contribution in [-0.4, -0.2) is 15.7 Å². The van der Waals surface area contributed by atoms with Crippen molar-refractivity contribution >= 4 is 39.7 Å². The maximum atomic E-state index is 8.19. The second kappa shape index (κ2) is 8.46. The number of benzene rings is 2. The number of hydrogen-bond acceptors (Lipinski definition) is 4. The summed E-state index contributed by atoms with van der Waals surface area (Å²) in [5, 5.41) is 13.4. The molecule has 0 saturated carbocycles. The van der Waals surface area contributed by atoms with Gasteiger partial charge >= 0.3 is 0 Å². The Hall–Kier alpha value is -3.28. The Labute approximate surface area is 190 Å². The minimum Gasteiger partial charge on any atom is -0.349 e. The van der Waals surface area contributed by atoms with E-state index in [-0.39, 0.29) is 5.92 Å². The number of aromatic amines is 1. The van der Waals surface area contributed by atoms with Gasteiger partial charge in [-0.2, -0.15) is 0 Å². The van der Waals surface area contributed by atoms with Crippen LogP contribution < -0.4 is 5.32 Å². The highest BCUT2D eigenvalue weighted by Crippen LogP contribution is 2.44. The van der Waals surface area contributed by atoms with Crippen molar-refractivity contribution in [3.63, 3.8) is 0 Å². The lowest BCUT2D eigenvalue weighted by molar-refractivity contribution is 1.07. The zero-order chi connectivity index (χ0) is 21.2. The molecule has 0 saturated heterocycles. The molecule has 1 unspecified atom stereocenters. The van der Waals surface area contributed by atoms with Crippen LogP contribution in [0.15, 0.2) is 96.2 Å². The van der Waals surface area contributed by atoms with Gasteiger partial charge in [0.1, 0.15) is 5.82 Å². The summed E-state index contributed by atoms with van der Waals surface area (Å²) >= 11 is 7.73. The Morgan fingerprint density at radius 3 is 2.58 bits per heavy atom. The number of thioether (sulfide) groups is 1. The molecule has 1 aliphatic heterocycles. The molecule has 5 rings (SSSR count). The van der Waals surface area contributed by atoms with E-state index in [1.165, 1.54) is 0 Å². The number of nitrogens with zero attached hydrogens (tertiary/aromatic N) is 1. The molecular weight excluding hydrogens is 424 g/mol. The van der Waals surface area contributed by atoms with Crippen molar-refractivity contribution in [2.45, 2.75) is 0 Å². The molecule has 1 aromatic heterocycles. The Morgan fingerprint density at radius 2 is 1.81 bits per heavy atom. The van der Waals surface area contributed by atoms with E-state index in [0.717, 1.165) is 38.3 Å². The van der Waals surface area contributed by atoms with E-state index >= 15 is 0 Å². The number of hydrogen-bond donors (Lipinski definition) is 3. The van der Waals surface area contributed by atoms with Gasteiger partial charge in [0.25, 0.3) is 0 Å². The highest BCUT2D eigenvalue weighted by atomic mass is 35.5. The molecular formula is C25H19ClN4S. The lowest BCUT2D eigenvalue weighted by Gasteiger charge is -2.11. The molecule has 0 spiro atoms. The van der Waals surface area contributed by atoms with Crippen molar-refractivity contribution in [3.8, 4) is 11.3 Å². The lowest BCUT2D eigenvalue weighted by Crippen LogP contribution is -2.11. The molecule has 3 aromatic rings. The van der Waals surface area contributed by atoms with Gasteiger partial charge in [-0.3, -0.25) is 0 Å². The molecule has 2 heterocycles. The van der Waals surface area contributed by atoms with Gasteiger partial charge in [0, 0.05) is 16.7 Å². The Bertz CT molecular complexity index is 1250. The maximum Gasteiger partial charge on any atom is 0.146 e. The number of halogens is 1. The standard InChI is InChI=1S/C25H19ClN4S/c26-19-12-10-17(11-13-19)23-24(25-28-15-21(29-25)16-6-2-1-3-7-16)31-22(30-23)14-18-8-4-5-9-20(18)27/h1-15,18,27,30H,(H,28,29). The number of rotatable bonds is 4. The van der Waals surface area contributed by atoms with Crippen molar-refractivity contribution in [3.05, 3.63) is 113 Å². The Kier molecular flexibility index (Phi) is 5.37. The molecule has 1 atom stereocenters. The van der Waals surface area contributed by atoms with Crippen LogP contribution in [0.5, 0.6) is 0 Å². The van der Waals surface area contributed by atoms with Crippen LogP contribution in [0.3, 0.4) is 0 Å². The highest BCUT2D eigenvalue weighted by Gasteiger charge is 2.25. The van der Waals surface area contributed by atoms with E-state index < -0.39 is 0 Å². The van der Waals surface area contributed by atoms with Crippen molar-refractivity contribution in [1.82, 2.24) is 15.3 Å². The molecule has 0 fully saturated rings. The third-order valence-corrected chi connectivity index (χ3v) is 6.40. The first-order chi connectivity index (χ1) is 15.2. The number of allylic oxidation sites excluding steroid dienone is 5. The van der Waals surface area contributed by atoms with Crippen LogP contribution >= 0.6 is 23.4 Å². The first kappa shape index (κ1) is 19.7. The van der Waals surface area contributed by atoms with E-state index in [2.05, 4.69) is 33.5 Å². The minimum absolute atomic E-state index is 0.0534. The van der Waals surface area contributed by atoms with Crippen LogP contribution in [0.25, 0.3) is 21.9 Å². The molecule has 1 aliphatic carbocycles. The van der Waals surface area contributed by atoms with Crippen LogP contribution in [-0.2, 0) is 0 Å². The number of nitrogens with one attached hydrogen (secondary N) is 3. The first-order valence-corrected chi connectivity index (χ1v) is 11.1. The van der Waals surface area contributed by atoms with E-state index in [1.807, 2.05) is 73.0 Å². The van der Waals surface area contributed by atoms with Gasteiger partial charge in [-0.05, 0) is 35.4 Å². The van der Waals surface area contributed by atoms with Gasteiger partial charge in [-0.1, -0.05) is 84.1 Å². The Morgan fingerprint density at radius 1 is 1.00 bits per heavy atom. The molecule has 3 N–H and O–H groups in total. The summed E-state index contributed by atoms with van der Waals surface area (Å²) in [6.45, 7) is 0. The van der Waals surface area contributed by atoms with Crippen molar-refractivity contribution < 1.29 is 0 Å². The summed E-state index contributed by atoms with van der Waals surface area (Å²) in [5.41, 5.74) is 4.64. The molecule has 0 amide bonds. The summed E-state index contributed by atoms with van der Waals surface area (Å²) in [6, 6.07) is 17.9. The Balaban J connectivity index is 1.52. The van der Waals surface area contributed by atoms with Crippen LogP contribution in [0.1, 0.15) is 11.4 Å². The van der Waals surface area contributed by atoms with Crippen molar-refractivity contribution in [2.75, 3.05) is 0 Å². The first-order valence-electron chi connectivity index (χ1n) is 9.88. The molecule has 2 aromatic carbocycles. The van der Waals surface area contributed by atoms with Crippen molar-refractivity contribution in [1.29, 1.82) is 5.41 Å². The number of H-pyrrole nitrogens is 1. The summed E-state index contributed by atoms with van der Waals surface area (Å²) in [6.07, 6.45) is 11.7. The fraction of sp³-hybridized carbons (Fsp3) is 0.0400. The van der Waals surface area contributed by atoms with Crippen LogP contribution in [0.2, 0.25) is 5.02 Å². The summed E-state index contributed by atoms with van der Waals surface area (Å²) < 4.78 is 0. The van der Waals surface area contributed by atoms with E-state index in [0.29, 0.717) is 10.7 Å². The van der Waals surface area contributed by atoms with E-state index in [4.69, 9.17) is 17.0 Å². The number of imidazole rings is 1. The maximum absolute atomic E-state index is 8.19. The third kappa shape index (κ3) is 4.15. The van der Waals surface area contributed by atoms with E-state index in [1.54, 1.807) is 11.8 Å². The number of aromatic nitrogens is 2. The zero-order valence-electron chi connectivity index (χ0n) is 16.5. The van der Waals surface area contributed by atoms with Gasteiger partial charge in [0.2, 0.25) is 0 Å². The average molecular weight is 443 g/mol. The molecule has 6 heteroatoms. The van der Waals surface area contributed by atoms with Gasteiger partial charge in [0.05, 0.1) is 27.5 Å². The molecule has 4 nitrogen and oxygen atoms in total. The molecule has 152 valence electrons. The van der Waals surface area contributed by atoms with E-state index in [9.17, 15) is 0 Å². The second-order valence-electron chi connectivity index (χ2n) is 7.21. The monoisotopic (exact) mass is 442 g/mol. The van der Waals surface area contributed by atoms with Crippen LogP contribution in [0, 0.1) is 11.3 Å². The molecule has 0 radical (unpaired) electrons. The summed E-state index contributed by atoms with van der Waals surface area (Å²) in [4.78, 5) is 9.15. The molecule has 31 heavy (non-hydrogen) atoms. The smallest absolute Gasteiger partial charge is 0.146 e.